The number of rotatable bonds is 6. The molecule has 2 N–H and O–H groups in total. The van der Waals surface area contributed by atoms with Crippen LogP contribution in [0.25, 0.3) is 0 Å². The number of aliphatic hydroxyl groups is 1. The van der Waals surface area contributed by atoms with Crippen LogP contribution >= 0.6 is 0 Å². The van der Waals surface area contributed by atoms with Crippen molar-refractivity contribution in [1.82, 2.24) is 14.9 Å². The lowest BCUT2D eigenvalue weighted by Gasteiger charge is -2.33. The summed E-state index contributed by atoms with van der Waals surface area (Å²) in [6, 6.07) is 0. The molecule has 0 fully saturated rings. The second kappa shape index (κ2) is 6.47. The number of carbonyl (C=O) groups excluding carboxylic acids is 1. The molecule has 0 spiro atoms. The van der Waals surface area contributed by atoms with E-state index >= 15 is 0 Å². The van der Waals surface area contributed by atoms with Crippen LogP contribution in [-0.4, -0.2) is 51.6 Å². The van der Waals surface area contributed by atoms with Crippen molar-refractivity contribution in [3.8, 4) is 0 Å². The van der Waals surface area contributed by atoms with Crippen LogP contribution in [0.3, 0.4) is 0 Å². The fourth-order valence-electron chi connectivity index (χ4n) is 1.34. The highest BCUT2D eigenvalue weighted by molar-refractivity contribution is 5.92. The van der Waals surface area contributed by atoms with Gasteiger partial charge in [0, 0.05) is 13.6 Å². The average Bonchev–Trinajstić information content (AvgIpc) is 2.44. The zero-order valence-electron chi connectivity index (χ0n) is 12.0. The maximum Gasteiger partial charge on any atom is 0.274 e. The molecule has 0 saturated carbocycles. The third-order valence-corrected chi connectivity index (χ3v) is 3.03. The summed E-state index contributed by atoms with van der Waals surface area (Å²) in [5, 5.41) is 12.4. The van der Waals surface area contributed by atoms with Crippen molar-refractivity contribution in [2.24, 2.45) is 0 Å². The summed E-state index contributed by atoms with van der Waals surface area (Å²) in [7, 11) is 1.64. The van der Waals surface area contributed by atoms with Gasteiger partial charge in [-0.2, -0.15) is 0 Å². The predicted octanol–water partition coefficient (Wildman–Crippen LogP) is 1.14. The number of nitrogens with one attached hydrogen (secondary N) is 1. The number of anilines is 1. The minimum Gasteiger partial charge on any atom is -0.394 e. The van der Waals surface area contributed by atoms with Gasteiger partial charge in [-0.15, -0.1) is 0 Å². The van der Waals surface area contributed by atoms with Crippen LogP contribution in [0.15, 0.2) is 12.4 Å². The lowest BCUT2D eigenvalue weighted by Crippen LogP contribution is -2.47. The molecule has 0 aromatic carbocycles. The number of amides is 1. The molecule has 6 nitrogen and oxygen atoms in total. The van der Waals surface area contributed by atoms with E-state index in [0.29, 0.717) is 5.82 Å². The van der Waals surface area contributed by atoms with Gasteiger partial charge in [0.1, 0.15) is 11.5 Å². The lowest BCUT2D eigenvalue weighted by molar-refractivity contribution is 0.0467. The zero-order chi connectivity index (χ0) is 14.5. The van der Waals surface area contributed by atoms with Crippen LogP contribution in [0.1, 0.15) is 37.7 Å². The Labute approximate surface area is 113 Å². The van der Waals surface area contributed by atoms with Crippen LogP contribution in [0.4, 0.5) is 5.82 Å². The first-order valence-electron chi connectivity index (χ1n) is 6.37. The zero-order valence-corrected chi connectivity index (χ0v) is 12.0. The van der Waals surface area contributed by atoms with Crippen LogP contribution in [0, 0.1) is 0 Å². The van der Waals surface area contributed by atoms with Crippen molar-refractivity contribution in [2.45, 2.75) is 32.7 Å². The Bertz CT molecular complexity index is 417. The Morgan fingerprint density at radius 3 is 2.58 bits per heavy atom. The number of nitrogens with zero attached hydrogens (tertiary/aromatic N) is 3. The van der Waals surface area contributed by atoms with Gasteiger partial charge in [-0.05, 0) is 20.3 Å². The summed E-state index contributed by atoms with van der Waals surface area (Å²) >= 11 is 0. The number of aromatic nitrogens is 2. The topological polar surface area (TPSA) is 78.4 Å². The van der Waals surface area contributed by atoms with Gasteiger partial charge in [0.15, 0.2) is 0 Å². The summed E-state index contributed by atoms with van der Waals surface area (Å²) in [6.45, 7) is 6.34. The molecular weight excluding hydrogens is 244 g/mol. The van der Waals surface area contributed by atoms with Gasteiger partial charge >= 0.3 is 0 Å². The molecular formula is C13H22N4O2. The van der Waals surface area contributed by atoms with E-state index in [9.17, 15) is 9.90 Å². The van der Waals surface area contributed by atoms with E-state index in [-0.39, 0.29) is 18.2 Å². The highest BCUT2D eigenvalue weighted by Crippen LogP contribution is 2.14. The minimum atomic E-state index is -0.627. The molecule has 0 radical (unpaired) electrons. The van der Waals surface area contributed by atoms with Crippen molar-refractivity contribution in [3.05, 3.63) is 18.1 Å². The summed E-state index contributed by atoms with van der Waals surface area (Å²) in [6.07, 6.45) is 3.99. The SMILES string of the molecule is CCCNc1cnc(C(=O)N(C)C(C)(C)CO)cn1. The molecule has 0 bridgehead atoms. The Kier molecular flexibility index (Phi) is 5.23. The van der Waals surface area contributed by atoms with Crippen molar-refractivity contribution >= 4 is 11.7 Å². The maximum atomic E-state index is 12.2. The monoisotopic (exact) mass is 266 g/mol. The van der Waals surface area contributed by atoms with Gasteiger partial charge in [0.2, 0.25) is 0 Å². The fourth-order valence-corrected chi connectivity index (χ4v) is 1.34. The number of aliphatic hydroxyl groups excluding tert-OH is 1. The predicted molar refractivity (Wildman–Crippen MR) is 74.1 cm³/mol. The third-order valence-electron chi connectivity index (χ3n) is 3.03. The molecule has 0 aliphatic carbocycles. The number of likely N-dealkylation sites (N-methyl/N-ethyl adjacent to an activating group) is 1. The minimum absolute atomic E-state index is 0.112. The second-order valence-electron chi connectivity index (χ2n) is 5.05. The number of hydrogen-bond acceptors (Lipinski definition) is 5. The standard InChI is InChI=1S/C13H22N4O2/c1-5-6-14-11-8-15-10(7-16-11)12(19)17(4)13(2,3)9-18/h7-8,18H,5-6,9H2,1-4H3,(H,14,16). The second-order valence-corrected chi connectivity index (χ2v) is 5.05. The summed E-state index contributed by atoms with van der Waals surface area (Å²) in [5.74, 6) is 0.399. The van der Waals surface area contributed by atoms with Crippen molar-refractivity contribution in [1.29, 1.82) is 0 Å². The highest BCUT2D eigenvalue weighted by atomic mass is 16.3. The first kappa shape index (κ1) is 15.4. The largest absolute Gasteiger partial charge is 0.394 e. The molecule has 106 valence electrons. The first-order chi connectivity index (χ1) is 8.92. The van der Waals surface area contributed by atoms with Crippen LogP contribution in [0.2, 0.25) is 0 Å². The summed E-state index contributed by atoms with van der Waals surface area (Å²) in [4.78, 5) is 21.9. The molecule has 1 aromatic heterocycles. The molecule has 0 aliphatic rings. The van der Waals surface area contributed by atoms with E-state index in [0.717, 1.165) is 13.0 Å². The van der Waals surface area contributed by atoms with Crippen molar-refractivity contribution < 1.29 is 9.90 Å². The van der Waals surface area contributed by atoms with Gasteiger partial charge in [0.25, 0.3) is 5.91 Å². The number of carbonyl (C=O) groups is 1. The summed E-state index contributed by atoms with van der Waals surface area (Å²) < 4.78 is 0. The quantitative estimate of drug-likeness (QED) is 0.807. The van der Waals surface area contributed by atoms with Gasteiger partial charge in [-0.25, -0.2) is 9.97 Å². The van der Waals surface area contributed by atoms with Crippen molar-refractivity contribution in [3.63, 3.8) is 0 Å². The Morgan fingerprint density at radius 1 is 1.42 bits per heavy atom. The molecule has 1 heterocycles. The lowest BCUT2D eigenvalue weighted by atomic mass is 10.0. The van der Waals surface area contributed by atoms with Crippen LogP contribution < -0.4 is 5.32 Å². The van der Waals surface area contributed by atoms with Gasteiger partial charge in [-0.1, -0.05) is 6.92 Å². The van der Waals surface area contributed by atoms with E-state index in [2.05, 4.69) is 22.2 Å². The summed E-state index contributed by atoms with van der Waals surface area (Å²) in [5.41, 5.74) is -0.358. The Balaban J connectivity index is 2.78. The molecule has 1 amide bonds. The van der Waals surface area contributed by atoms with E-state index in [1.807, 2.05) is 0 Å². The third kappa shape index (κ3) is 3.89. The Hall–Kier alpha value is -1.69. The molecule has 0 unspecified atom stereocenters. The van der Waals surface area contributed by atoms with E-state index in [4.69, 9.17) is 0 Å². The van der Waals surface area contributed by atoms with Gasteiger partial charge in [-0.3, -0.25) is 4.79 Å². The smallest absolute Gasteiger partial charge is 0.274 e. The van der Waals surface area contributed by atoms with E-state index in [1.165, 1.54) is 11.1 Å². The normalized spacial score (nSPS) is 11.2. The average molecular weight is 266 g/mol. The fraction of sp³-hybridized carbons (Fsp3) is 0.615. The molecule has 1 rings (SSSR count). The van der Waals surface area contributed by atoms with E-state index < -0.39 is 5.54 Å². The van der Waals surface area contributed by atoms with Gasteiger partial charge < -0.3 is 15.3 Å². The molecule has 0 aliphatic heterocycles. The van der Waals surface area contributed by atoms with Crippen LogP contribution in [0.5, 0.6) is 0 Å². The van der Waals surface area contributed by atoms with E-state index in [1.54, 1.807) is 27.1 Å². The maximum absolute atomic E-state index is 12.2. The van der Waals surface area contributed by atoms with Crippen molar-refractivity contribution in [2.75, 3.05) is 25.5 Å². The van der Waals surface area contributed by atoms with Gasteiger partial charge in [0.05, 0.1) is 24.5 Å². The molecule has 0 atom stereocenters. The van der Waals surface area contributed by atoms with Crippen LogP contribution in [-0.2, 0) is 0 Å². The number of hydrogen-bond donors (Lipinski definition) is 2. The molecule has 6 heteroatoms. The molecule has 0 saturated heterocycles. The highest BCUT2D eigenvalue weighted by Gasteiger charge is 2.28. The molecule has 19 heavy (non-hydrogen) atoms. The first-order valence-corrected chi connectivity index (χ1v) is 6.37. The Morgan fingerprint density at radius 2 is 2.11 bits per heavy atom. The molecule has 1 aromatic rings.